The van der Waals surface area contributed by atoms with Crippen molar-refractivity contribution in [2.75, 3.05) is 0 Å². The van der Waals surface area contributed by atoms with Crippen LogP contribution in [-0.4, -0.2) is 72.7 Å². The predicted octanol–water partition coefficient (Wildman–Crippen LogP) is 15.2. The second-order valence-corrected chi connectivity index (χ2v) is 78.3. The zero-order valence-electron chi connectivity index (χ0n) is 40.7. The Kier molecular flexibility index (Phi) is 5.76. The van der Waals surface area contributed by atoms with E-state index in [9.17, 15) is 0 Å². The molecular weight excluding hydrogens is 793 g/mol. The summed E-state index contributed by atoms with van der Waals surface area (Å²) in [5.41, 5.74) is 7.48. The van der Waals surface area contributed by atoms with Gasteiger partial charge in [0.25, 0.3) is 0 Å². The fraction of sp³-hybridized carbons (Fsp3) is 0.867. The smallest absolute Gasteiger partial charge is 0.0525 e. The molecule has 0 bridgehead atoms. The monoisotopic (exact) mass is 876 g/mol. The summed E-state index contributed by atoms with van der Waals surface area (Å²) in [6.07, 6.45) is 0. The van der Waals surface area contributed by atoms with Crippen LogP contribution in [0.2, 0.25) is 222 Å². The highest BCUT2D eigenvalue weighted by Crippen LogP contribution is 3.52. The summed E-state index contributed by atoms with van der Waals surface area (Å²) < 4.78 is 0. The molecule has 0 amide bonds. The third kappa shape index (κ3) is 2.31. The highest BCUT2D eigenvalue weighted by Gasteiger charge is 3.41. The molecule has 0 aliphatic heterocycles. The molecule has 9 heteroatoms. The molecule has 54 heavy (non-hydrogen) atoms. The summed E-state index contributed by atoms with van der Waals surface area (Å²) in [6, 6.07) is 9.36. The largest absolute Gasteiger partial charge is 0.0691 e. The Hall–Kier alpha value is 1.17. The van der Waals surface area contributed by atoms with E-state index >= 15 is 0 Å². The van der Waals surface area contributed by atoms with Crippen molar-refractivity contribution in [2.24, 2.45) is 0 Å². The van der Waals surface area contributed by atoms with Crippen LogP contribution in [0.1, 0.15) is 16.7 Å². The zero-order chi connectivity index (χ0) is 41.4. The van der Waals surface area contributed by atoms with Crippen molar-refractivity contribution in [3.8, 4) is 0 Å². The molecule has 0 atom stereocenters. The maximum atomic E-state index is 3.12. The van der Waals surface area contributed by atoms with E-state index < -0.39 is 72.7 Å². The van der Waals surface area contributed by atoms with Gasteiger partial charge in [-0.05, 0) is 62.0 Å². The second-order valence-electron chi connectivity index (χ2n) is 31.0. The first-order chi connectivity index (χ1) is 23.6. The molecule has 1 aromatic rings. The van der Waals surface area contributed by atoms with Crippen molar-refractivity contribution in [1.29, 1.82) is 0 Å². The molecule has 12 saturated carbocycles. The molecule has 0 N–H and O–H groups in total. The predicted molar refractivity (Wildman–Crippen MR) is 266 cm³/mol. The molecule has 12 aliphatic rings. The maximum Gasteiger partial charge on any atom is 0.0525 e. The molecule has 300 valence electrons. The molecule has 0 nitrogen and oxygen atoms in total. The third-order valence-electron chi connectivity index (χ3n) is 21.7. The topological polar surface area (TPSA) is 0 Å². The van der Waals surface area contributed by atoms with Gasteiger partial charge in [-0.3, -0.25) is 0 Å². The summed E-state index contributed by atoms with van der Waals surface area (Å²) in [6.45, 7) is 76.7. The molecule has 12 fully saturated rings. The SMILES string of the molecule is C[Si](C)(C)C12C3(c4cc(C56C7([Si](C)(C)C)C5([Si](C)(C)C)C67[Si](C)(C)C)cc(C56C7([Si](C)(C)C)C5([Si](C)(C)C)C67[Si](C)(C)C)c4)C1([Si](C)(C)C)C32[Si](C)(C)C. The highest BCUT2D eigenvalue weighted by molar-refractivity contribution is 7.09. The summed E-state index contributed by atoms with van der Waals surface area (Å²) >= 11 is 0. The first-order valence-corrected chi connectivity index (χ1v) is 54.2. The molecule has 0 unspecified atom stereocenters. The van der Waals surface area contributed by atoms with Crippen molar-refractivity contribution in [1.82, 2.24) is 0 Å². The zero-order valence-corrected chi connectivity index (χ0v) is 49.7. The van der Waals surface area contributed by atoms with Gasteiger partial charge in [0, 0.05) is 16.2 Å². The van der Waals surface area contributed by atoms with Crippen LogP contribution in [0.3, 0.4) is 0 Å². The molecule has 0 spiro atoms. The first-order valence-electron chi connectivity index (χ1n) is 22.7. The summed E-state index contributed by atoms with van der Waals surface area (Å²) in [5, 5.41) is 6.05. The standard InChI is InChI=1S/C45H84Si9/c1-46(2,3)37-34(38(37,47(4,5)6)39(34,37)48(7,8)9)31-28-32(35-40(49(10,11)12)41(35,50(13,14)15)42(35,40)51(16,17)18)30-33(29-31)36-43(52(19,20)21)44(36,53(22,23)24)45(36,43)54(25,26)27/h28-30H,1-27H3. The van der Waals surface area contributed by atoms with Crippen LogP contribution in [0.15, 0.2) is 18.2 Å². The Balaban J connectivity index is 1.30. The van der Waals surface area contributed by atoms with Crippen molar-refractivity contribution in [2.45, 2.75) is 238 Å². The van der Waals surface area contributed by atoms with E-state index in [-0.39, 0.29) is 0 Å². The lowest BCUT2D eigenvalue weighted by Crippen LogP contribution is -2.26. The summed E-state index contributed by atoms with van der Waals surface area (Å²) in [4.78, 5) is 0. The minimum absolute atomic E-state index is 0.517. The minimum atomic E-state index is -1.48. The number of hydrogen-bond donors (Lipinski definition) is 0. The highest BCUT2D eigenvalue weighted by atomic mass is 28.4. The van der Waals surface area contributed by atoms with Crippen LogP contribution in [-0.2, 0) is 16.2 Å². The van der Waals surface area contributed by atoms with E-state index in [1.807, 2.05) is 16.7 Å². The lowest BCUT2D eigenvalue weighted by molar-refractivity contribution is 0.980. The molecule has 0 saturated heterocycles. The van der Waals surface area contributed by atoms with Gasteiger partial charge in [-0.25, -0.2) is 0 Å². The van der Waals surface area contributed by atoms with Crippen molar-refractivity contribution in [3.63, 3.8) is 0 Å². The van der Waals surface area contributed by atoms with Crippen LogP contribution in [0, 0.1) is 0 Å². The molecule has 12 aliphatic carbocycles. The number of rotatable bonds is 12. The lowest BCUT2D eigenvalue weighted by Gasteiger charge is -2.20. The fourth-order valence-electron chi connectivity index (χ4n) is 24.6. The van der Waals surface area contributed by atoms with Gasteiger partial charge in [0.1, 0.15) is 0 Å². The quantitative estimate of drug-likeness (QED) is 0.184. The van der Waals surface area contributed by atoms with E-state index in [4.69, 9.17) is 0 Å². The maximum absolute atomic E-state index is 3.12. The van der Waals surface area contributed by atoms with E-state index in [1.54, 1.807) is 0 Å². The van der Waals surface area contributed by atoms with Crippen molar-refractivity contribution >= 4 is 72.7 Å². The number of benzene rings is 1. The van der Waals surface area contributed by atoms with Crippen molar-refractivity contribution in [3.05, 3.63) is 34.9 Å². The molecule has 0 radical (unpaired) electrons. The summed E-state index contributed by atoms with van der Waals surface area (Å²) in [5.74, 6) is 0. The van der Waals surface area contributed by atoms with E-state index in [0.29, 0.717) is 61.6 Å². The Labute approximate surface area is 343 Å². The summed E-state index contributed by atoms with van der Waals surface area (Å²) in [7, 11) is -13.3. The van der Waals surface area contributed by atoms with Gasteiger partial charge < -0.3 is 0 Å². The van der Waals surface area contributed by atoms with Gasteiger partial charge in [-0.1, -0.05) is 195 Å². The Morgan fingerprint density at radius 3 is 0.370 bits per heavy atom. The van der Waals surface area contributed by atoms with Gasteiger partial charge in [-0.2, -0.15) is 0 Å². The van der Waals surface area contributed by atoms with Crippen LogP contribution in [0.5, 0.6) is 0 Å². The molecule has 1 aromatic carbocycles. The minimum Gasteiger partial charge on any atom is -0.0691 e. The Bertz CT molecular complexity index is 1630. The molecule has 0 aromatic heterocycles. The van der Waals surface area contributed by atoms with Gasteiger partial charge >= 0.3 is 0 Å². The van der Waals surface area contributed by atoms with Crippen molar-refractivity contribution < 1.29 is 0 Å². The molecule has 0 heterocycles. The second kappa shape index (κ2) is 7.91. The van der Waals surface area contributed by atoms with Crippen LogP contribution in [0.4, 0.5) is 0 Å². The van der Waals surface area contributed by atoms with E-state index in [1.165, 1.54) is 0 Å². The molecule has 13 rings (SSSR count). The van der Waals surface area contributed by atoms with E-state index in [0.717, 1.165) is 0 Å². The van der Waals surface area contributed by atoms with Gasteiger partial charge in [0.05, 0.1) is 72.7 Å². The molecular formula is C45H84Si9. The van der Waals surface area contributed by atoms with Crippen LogP contribution < -0.4 is 0 Å². The average molecular weight is 878 g/mol. The van der Waals surface area contributed by atoms with Crippen LogP contribution >= 0.6 is 0 Å². The Morgan fingerprint density at radius 2 is 0.296 bits per heavy atom. The lowest BCUT2D eigenvalue weighted by atomic mass is 9.95. The van der Waals surface area contributed by atoms with Gasteiger partial charge in [0.2, 0.25) is 0 Å². The average Bonchev–Trinajstić information content (AvgIpc) is 3.68. The normalized spacial score (nSPS) is 53.6. The van der Waals surface area contributed by atoms with Gasteiger partial charge in [-0.15, -0.1) is 0 Å². The first kappa shape index (κ1) is 39.3. The van der Waals surface area contributed by atoms with E-state index in [2.05, 4.69) is 195 Å². The number of hydrogen-bond acceptors (Lipinski definition) is 0. The fourth-order valence-corrected chi connectivity index (χ4v) is 87.2. The Morgan fingerprint density at radius 1 is 0.204 bits per heavy atom. The van der Waals surface area contributed by atoms with Crippen LogP contribution in [0.25, 0.3) is 0 Å². The third-order valence-corrected chi connectivity index (χ3v) is 54.4. The van der Waals surface area contributed by atoms with Gasteiger partial charge in [0.15, 0.2) is 0 Å².